The van der Waals surface area contributed by atoms with Crippen LogP contribution in [0.3, 0.4) is 0 Å². The van der Waals surface area contributed by atoms with Crippen LogP contribution in [0.15, 0.2) is 42.5 Å². The van der Waals surface area contributed by atoms with Crippen LogP contribution in [0.2, 0.25) is 0 Å². The molecule has 0 aromatic heterocycles. The summed E-state index contributed by atoms with van der Waals surface area (Å²) in [6, 6.07) is 12.2. The van der Waals surface area contributed by atoms with Gasteiger partial charge in [0.05, 0.1) is 0 Å². The second kappa shape index (κ2) is 7.15. The minimum atomic E-state index is -0.454. The molecule has 3 nitrogen and oxygen atoms in total. The SMILES string of the molecule is NC(=S)c1cccc(COc2ccccc2CCO)c1F. The zero-order chi connectivity index (χ0) is 15.2. The van der Waals surface area contributed by atoms with Crippen LogP contribution in [-0.2, 0) is 13.0 Å². The normalized spacial score (nSPS) is 10.4. The van der Waals surface area contributed by atoms with E-state index >= 15 is 0 Å². The number of benzene rings is 2. The first kappa shape index (κ1) is 15.4. The van der Waals surface area contributed by atoms with Gasteiger partial charge in [-0.05, 0) is 24.1 Å². The Hall–Kier alpha value is -1.98. The lowest BCUT2D eigenvalue weighted by Crippen LogP contribution is -2.13. The summed E-state index contributed by atoms with van der Waals surface area (Å²) in [5.41, 5.74) is 6.96. The number of aliphatic hydroxyl groups is 1. The summed E-state index contributed by atoms with van der Waals surface area (Å²) < 4.78 is 19.8. The highest BCUT2D eigenvalue weighted by atomic mass is 32.1. The molecule has 0 amide bonds. The minimum Gasteiger partial charge on any atom is -0.489 e. The second-order valence-electron chi connectivity index (χ2n) is 4.51. The maximum atomic E-state index is 14.2. The Labute approximate surface area is 128 Å². The quantitative estimate of drug-likeness (QED) is 0.805. The summed E-state index contributed by atoms with van der Waals surface area (Å²) in [5.74, 6) is 0.177. The molecule has 0 aliphatic heterocycles. The van der Waals surface area contributed by atoms with E-state index in [0.29, 0.717) is 17.7 Å². The molecule has 2 aromatic rings. The van der Waals surface area contributed by atoms with Gasteiger partial charge in [0.15, 0.2) is 0 Å². The summed E-state index contributed by atoms with van der Waals surface area (Å²) in [6.07, 6.45) is 0.492. The molecule has 3 N–H and O–H groups in total. The number of aliphatic hydroxyl groups excluding tert-OH is 1. The maximum absolute atomic E-state index is 14.2. The van der Waals surface area contributed by atoms with Gasteiger partial charge in [-0.1, -0.05) is 42.5 Å². The summed E-state index contributed by atoms with van der Waals surface area (Å²) in [4.78, 5) is 0.0232. The highest BCUT2D eigenvalue weighted by Crippen LogP contribution is 2.21. The van der Waals surface area contributed by atoms with Crippen LogP contribution in [0, 0.1) is 5.82 Å². The lowest BCUT2D eigenvalue weighted by atomic mass is 10.1. The fraction of sp³-hybridized carbons (Fsp3) is 0.188. The largest absolute Gasteiger partial charge is 0.489 e. The molecular formula is C16H16FNO2S. The zero-order valence-electron chi connectivity index (χ0n) is 11.4. The van der Waals surface area contributed by atoms with Crippen LogP contribution in [0.5, 0.6) is 5.75 Å². The molecule has 5 heteroatoms. The van der Waals surface area contributed by atoms with Gasteiger partial charge in [-0.3, -0.25) is 0 Å². The van der Waals surface area contributed by atoms with E-state index in [1.54, 1.807) is 24.3 Å². The van der Waals surface area contributed by atoms with Gasteiger partial charge in [0, 0.05) is 17.7 Å². The predicted octanol–water partition coefficient (Wildman–Crippen LogP) is 2.57. The lowest BCUT2D eigenvalue weighted by molar-refractivity contribution is 0.281. The second-order valence-corrected chi connectivity index (χ2v) is 4.95. The van der Waals surface area contributed by atoms with Crippen molar-refractivity contribution in [2.24, 2.45) is 5.73 Å². The third-order valence-corrected chi connectivity index (χ3v) is 3.30. The van der Waals surface area contributed by atoms with E-state index in [9.17, 15) is 4.39 Å². The first-order valence-corrected chi connectivity index (χ1v) is 6.93. The Morgan fingerprint density at radius 1 is 1.14 bits per heavy atom. The molecule has 0 unspecified atom stereocenters. The highest BCUT2D eigenvalue weighted by Gasteiger charge is 2.11. The number of nitrogens with two attached hydrogens (primary N) is 1. The Balaban J connectivity index is 2.17. The van der Waals surface area contributed by atoms with Gasteiger partial charge in [0.2, 0.25) is 0 Å². The van der Waals surface area contributed by atoms with E-state index in [1.165, 1.54) is 0 Å². The number of thiocarbonyl (C=S) groups is 1. The average Bonchev–Trinajstić information content (AvgIpc) is 2.47. The van der Waals surface area contributed by atoms with Crippen molar-refractivity contribution >= 4 is 17.2 Å². The van der Waals surface area contributed by atoms with Crippen LogP contribution in [0.4, 0.5) is 4.39 Å². The smallest absolute Gasteiger partial charge is 0.139 e. The van der Waals surface area contributed by atoms with E-state index in [-0.39, 0.29) is 23.8 Å². The number of hydrogen-bond acceptors (Lipinski definition) is 3. The molecular weight excluding hydrogens is 289 g/mol. The first-order chi connectivity index (χ1) is 10.1. The minimum absolute atomic E-state index is 0.0232. The van der Waals surface area contributed by atoms with E-state index in [2.05, 4.69) is 0 Å². The van der Waals surface area contributed by atoms with Crippen molar-refractivity contribution in [3.05, 3.63) is 65.0 Å². The van der Waals surface area contributed by atoms with E-state index < -0.39 is 5.82 Å². The van der Waals surface area contributed by atoms with E-state index in [1.807, 2.05) is 18.2 Å². The molecule has 0 heterocycles. The molecule has 0 aliphatic carbocycles. The van der Waals surface area contributed by atoms with Gasteiger partial charge in [-0.2, -0.15) is 0 Å². The van der Waals surface area contributed by atoms with Crippen molar-refractivity contribution in [1.82, 2.24) is 0 Å². The molecule has 2 aromatic carbocycles. The molecule has 0 bridgehead atoms. The van der Waals surface area contributed by atoms with Crippen LogP contribution in [-0.4, -0.2) is 16.7 Å². The summed E-state index contributed by atoms with van der Waals surface area (Å²) >= 11 is 4.81. The molecule has 0 atom stereocenters. The summed E-state index contributed by atoms with van der Waals surface area (Å²) in [5, 5.41) is 9.03. The van der Waals surface area contributed by atoms with Crippen molar-refractivity contribution < 1.29 is 14.2 Å². The van der Waals surface area contributed by atoms with Crippen LogP contribution >= 0.6 is 12.2 Å². The Bertz CT molecular complexity index is 646. The number of ether oxygens (including phenoxy) is 1. The van der Waals surface area contributed by atoms with Crippen LogP contribution in [0.25, 0.3) is 0 Å². The third-order valence-electron chi connectivity index (χ3n) is 3.08. The molecule has 21 heavy (non-hydrogen) atoms. The fourth-order valence-electron chi connectivity index (χ4n) is 2.01. The molecule has 0 radical (unpaired) electrons. The lowest BCUT2D eigenvalue weighted by Gasteiger charge is -2.12. The third kappa shape index (κ3) is 3.77. The molecule has 0 spiro atoms. The number of rotatable bonds is 6. The van der Waals surface area contributed by atoms with Crippen molar-refractivity contribution in [3.8, 4) is 5.75 Å². The molecule has 0 saturated carbocycles. The molecule has 0 fully saturated rings. The van der Waals surface area contributed by atoms with Gasteiger partial charge < -0.3 is 15.6 Å². The Kier molecular flexibility index (Phi) is 5.25. The van der Waals surface area contributed by atoms with Gasteiger partial charge in [-0.25, -0.2) is 4.39 Å². The van der Waals surface area contributed by atoms with Gasteiger partial charge in [0.25, 0.3) is 0 Å². The average molecular weight is 305 g/mol. The number of hydrogen-bond donors (Lipinski definition) is 2. The number of para-hydroxylation sites is 1. The summed E-state index contributed by atoms with van der Waals surface area (Å²) in [7, 11) is 0. The van der Waals surface area contributed by atoms with Gasteiger partial charge >= 0.3 is 0 Å². The maximum Gasteiger partial charge on any atom is 0.139 e. The molecule has 110 valence electrons. The van der Waals surface area contributed by atoms with Crippen LogP contribution in [0.1, 0.15) is 16.7 Å². The Morgan fingerprint density at radius 3 is 2.57 bits per heavy atom. The predicted molar refractivity (Wildman–Crippen MR) is 83.9 cm³/mol. The fourth-order valence-corrected chi connectivity index (χ4v) is 2.17. The van der Waals surface area contributed by atoms with E-state index in [4.69, 9.17) is 27.8 Å². The standard InChI is InChI=1S/C16H16FNO2S/c17-15-12(5-3-6-13(15)16(18)21)10-20-14-7-2-1-4-11(14)8-9-19/h1-7,19H,8-10H2,(H2,18,21). The highest BCUT2D eigenvalue weighted by molar-refractivity contribution is 7.80. The van der Waals surface area contributed by atoms with Crippen molar-refractivity contribution in [2.45, 2.75) is 13.0 Å². The summed E-state index contributed by atoms with van der Waals surface area (Å²) in [6.45, 7) is 0.108. The van der Waals surface area contributed by atoms with Gasteiger partial charge in [-0.15, -0.1) is 0 Å². The van der Waals surface area contributed by atoms with E-state index in [0.717, 1.165) is 5.56 Å². The monoisotopic (exact) mass is 305 g/mol. The molecule has 0 saturated heterocycles. The Morgan fingerprint density at radius 2 is 1.86 bits per heavy atom. The van der Waals surface area contributed by atoms with Crippen molar-refractivity contribution in [1.29, 1.82) is 0 Å². The van der Waals surface area contributed by atoms with Gasteiger partial charge in [0.1, 0.15) is 23.2 Å². The van der Waals surface area contributed by atoms with Crippen molar-refractivity contribution in [2.75, 3.05) is 6.61 Å². The topological polar surface area (TPSA) is 55.5 Å². The van der Waals surface area contributed by atoms with Crippen molar-refractivity contribution in [3.63, 3.8) is 0 Å². The zero-order valence-corrected chi connectivity index (χ0v) is 12.2. The first-order valence-electron chi connectivity index (χ1n) is 6.52. The van der Waals surface area contributed by atoms with Crippen LogP contribution < -0.4 is 10.5 Å². The number of halogens is 1. The molecule has 0 aliphatic rings. The molecule has 2 rings (SSSR count).